The van der Waals surface area contributed by atoms with E-state index in [1.54, 1.807) is 31.6 Å². The summed E-state index contributed by atoms with van der Waals surface area (Å²) in [6.07, 6.45) is 5.11. The van der Waals surface area contributed by atoms with Crippen LogP contribution in [0.3, 0.4) is 0 Å². The van der Waals surface area contributed by atoms with Gasteiger partial charge in [0.1, 0.15) is 11.5 Å². The second-order valence-corrected chi connectivity index (χ2v) is 9.18. The molecule has 2 N–H and O–H groups in total. The molecule has 2 aromatic carbocycles. The Morgan fingerprint density at radius 3 is 2.58 bits per heavy atom. The number of Topliss-reactive ketones (excluding diaryl/α,β-unsaturated/α-hetero) is 1. The number of aliphatic hydroxyl groups excluding tert-OH is 1. The molecule has 182 valence electrons. The van der Waals surface area contributed by atoms with Gasteiger partial charge >= 0.3 is 0 Å². The summed E-state index contributed by atoms with van der Waals surface area (Å²) in [6, 6.07) is 15.9. The number of benzene rings is 2. The Labute approximate surface area is 209 Å². The highest BCUT2D eigenvalue weighted by atomic mass is 16.5. The Bertz CT molecular complexity index is 1490. The van der Waals surface area contributed by atoms with Gasteiger partial charge in [-0.3, -0.25) is 14.6 Å². The minimum atomic E-state index is -0.765. The van der Waals surface area contributed by atoms with Crippen molar-refractivity contribution >= 4 is 28.4 Å². The lowest BCUT2D eigenvalue weighted by Crippen LogP contribution is -2.29. The number of ether oxygens (including phenoxy) is 1. The maximum atomic E-state index is 13.4. The van der Waals surface area contributed by atoms with Crippen LogP contribution < -0.4 is 4.74 Å². The standard InChI is InChI=1S/C29H27N3O4/c1-17(2)21-14-19(8-9-24(21)36-3)27(33)25-26(22-15-31-23-7-5-4-6-20(22)23)32(29(35)28(25)34)16-18-10-12-30-13-11-18/h4-15,17,26,31,33H,16H2,1-3H3/b27-25+. The van der Waals surface area contributed by atoms with Gasteiger partial charge < -0.3 is 19.7 Å². The number of carbonyl (C=O) groups excluding carboxylic acids is 2. The fourth-order valence-electron chi connectivity index (χ4n) is 4.86. The predicted molar refractivity (Wildman–Crippen MR) is 137 cm³/mol. The summed E-state index contributed by atoms with van der Waals surface area (Å²) in [5.74, 6) is -0.732. The molecule has 1 atom stereocenters. The number of pyridine rings is 1. The van der Waals surface area contributed by atoms with Crippen molar-refractivity contribution in [2.75, 3.05) is 7.11 Å². The van der Waals surface area contributed by atoms with Gasteiger partial charge in [0.15, 0.2) is 0 Å². The number of nitrogens with zero attached hydrogens (tertiary/aromatic N) is 2. The van der Waals surface area contributed by atoms with Crippen molar-refractivity contribution in [3.8, 4) is 5.75 Å². The molecule has 1 aliphatic heterocycles. The Morgan fingerprint density at radius 2 is 1.86 bits per heavy atom. The zero-order valence-electron chi connectivity index (χ0n) is 20.4. The molecule has 0 saturated carbocycles. The third kappa shape index (κ3) is 3.92. The number of aromatic nitrogens is 2. The molecular weight excluding hydrogens is 454 g/mol. The molecular formula is C29H27N3O4. The van der Waals surface area contributed by atoms with Gasteiger partial charge in [0.25, 0.3) is 11.7 Å². The van der Waals surface area contributed by atoms with E-state index in [-0.39, 0.29) is 23.8 Å². The zero-order valence-corrected chi connectivity index (χ0v) is 20.4. The van der Waals surface area contributed by atoms with E-state index in [4.69, 9.17) is 4.74 Å². The number of rotatable bonds is 6. The van der Waals surface area contributed by atoms with E-state index in [9.17, 15) is 14.7 Å². The zero-order chi connectivity index (χ0) is 25.4. The van der Waals surface area contributed by atoms with Crippen LogP contribution in [0.5, 0.6) is 5.75 Å². The SMILES string of the molecule is COc1ccc(/C(O)=C2\C(=O)C(=O)N(Cc3ccncc3)C2c2c[nH]c3ccccc23)cc1C(C)C. The number of nitrogens with one attached hydrogen (secondary N) is 1. The van der Waals surface area contributed by atoms with Gasteiger partial charge in [0.2, 0.25) is 0 Å². The van der Waals surface area contributed by atoms with Crippen LogP contribution in [0, 0.1) is 0 Å². The summed E-state index contributed by atoms with van der Waals surface area (Å²) in [4.78, 5) is 35.6. The van der Waals surface area contributed by atoms with Crippen LogP contribution in [-0.4, -0.2) is 38.8 Å². The maximum Gasteiger partial charge on any atom is 0.295 e. The lowest BCUT2D eigenvalue weighted by molar-refractivity contribution is -0.140. The number of methoxy groups -OCH3 is 1. The average molecular weight is 482 g/mol. The lowest BCUT2D eigenvalue weighted by atomic mass is 9.93. The third-order valence-corrected chi connectivity index (χ3v) is 6.68. The Morgan fingerprint density at radius 1 is 1.11 bits per heavy atom. The normalized spacial score (nSPS) is 17.3. The second-order valence-electron chi connectivity index (χ2n) is 9.18. The van der Waals surface area contributed by atoms with Crippen LogP contribution in [-0.2, 0) is 16.1 Å². The van der Waals surface area contributed by atoms with Crippen molar-refractivity contribution in [3.05, 3.63) is 101 Å². The van der Waals surface area contributed by atoms with E-state index in [1.165, 1.54) is 4.90 Å². The molecule has 1 saturated heterocycles. The third-order valence-electron chi connectivity index (χ3n) is 6.68. The summed E-state index contributed by atoms with van der Waals surface area (Å²) in [5.41, 5.74) is 3.90. The number of hydrogen-bond donors (Lipinski definition) is 2. The lowest BCUT2D eigenvalue weighted by Gasteiger charge is -2.25. The van der Waals surface area contributed by atoms with Crippen molar-refractivity contribution in [2.24, 2.45) is 0 Å². The van der Waals surface area contributed by atoms with Crippen LogP contribution in [0.25, 0.3) is 16.7 Å². The van der Waals surface area contributed by atoms with Gasteiger partial charge in [-0.05, 0) is 53.4 Å². The number of para-hydroxylation sites is 1. The molecule has 0 radical (unpaired) electrons. The van der Waals surface area contributed by atoms with Crippen molar-refractivity contribution < 1.29 is 19.4 Å². The van der Waals surface area contributed by atoms with Crippen LogP contribution in [0.4, 0.5) is 0 Å². The minimum Gasteiger partial charge on any atom is -0.507 e. The van der Waals surface area contributed by atoms with Crippen molar-refractivity contribution in [3.63, 3.8) is 0 Å². The molecule has 0 aliphatic carbocycles. The van der Waals surface area contributed by atoms with E-state index in [0.29, 0.717) is 11.3 Å². The highest BCUT2D eigenvalue weighted by Gasteiger charge is 2.46. The van der Waals surface area contributed by atoms with Crippen LogP contribution >= 0.6 is 0 Å². The van der Waals surface area contributed by atoms with Gasteiger partial charge in [0.05, 0.1) is 18.7 Å². The van der Waals surface area contributed by atoms with Crippen LogP contribution in [0.15, 0.2) is 78.8 Å². The molecule has 4 aromatic rings. The molecule has 1 amide bonds. The largest absolute Gasteiger partial charge is 0.507 e. The first kappa shape index (κ1) is 23.4. The molecule has 0 spiro atoms. The maximum absolute atomic E-state index is 13.4. The van der Waals surface area contributed by atoms with Crippen LogP contribution in [0.2, 0.25) is 0 Å². The first-order valence-corrected chi connectivity index (χ1v) is 11.8. The molecule has 36 heavy (non-hydrogen) atoms. The topological polar surface area (TPSA) is 95.5 Å². The summed E-state index contributed by atoms with van der Waals surface area (Å²) < 4.78 is 5.48. The predicted octanol–water partition coefficient (Wildman–Crippen LogP) is 5.32. The number of carbonyl (C=O) groups is 2. The molecule has 2 aromatic heterocycles. The monoisotopic (exact) mass is 481 g/mol. The second kappa shape index (κ2) is 9.34. The number of aromatic amines is 1. The van der Waals surface area contributed by atoms with Gasteiger partial charge in [-0.25, -0.2) is 0 Å². The van der Waals surface area contributed by atoms with Gasteiger partial charge in [-0.1, -0.05) is 32.0 Å². The van der Waals surface area contributed by atoms with Crippen LogP contribution in [0.1, 0.15) is 48.1 Å². The minimum absolute atomic E-state index is 0.0682. The summed E-state index contributed by atoms with van der Waals surface area (Å²) >= 11 is 0. The molecule has 0 bridgehead atoms. The fraction of sp³-hybridized carbons (Fsp3) is 0.207. The smallest absolute Gasteiger partial charge is 0.295 e. The average Bonchev–Trinajstić information content (AvgIpc) is 3.42. The van der Waals surface area contributed by atoms with E-state index < -0.39 is 17.7 Å². The summed E-state index contributed by atoms with van der Waals surface area (Å²) in [7, 11) is 1.60. The van der Waals surface area contributed by atoms with E-state index in [0.717, 1.165) is 27.6 Å². The molecule has 5 rings (SSSR count). The molecule has 7 heteroatoms. The Balaban J connectivity index is 1.71. The number of amides is 1. The number of H-pyrrole nitrogens is 1. The molecule has 1 aliphatic rings. The van der Waals surface area contributed by atoms with Crippen molar-refractivity contribution in [2.45, 2.75) is 32.4 Å². The molecule has 1 unspecified atom stereocenters. The van der Waals surface area contributed by atoms with Gasteiger partial charge in [0, 0.05) is 47.2 Å². The van der Waals surface area contributed by atoms with Gasteiger partial charge in [-0.15, -0.1) is 0 Å². The highest BCUT2D eigenvalue weighted by Crippen LogP contribution is 2.43. The Kier molecular flexibility index (Phi) is 6.06. The molecule has 1 fully saturated rings. The van der Waals surface area contributed by atoms with E-state index >= 15 is 0 Å². The highest BCUT2D eigenvalue weighted by molar-refractivity contribution is 6.46. The number of fused-ring (bicyclic) bond motifs is 1. The number of likely N-dealkylation sites (tertiary alicyclic amines) is 1. The van der Waals surface area contributed by atoms with Gasteiger partial charge in [-0.2, -0.15) is 0 Å². The number of aliphatic hydroxyl groups is 1. The number of ketones is 1. The van der Waals surface area contributed by atoms with Crippen molar-refractivity contribution in [1.29, 1.82) is 0 Å². The van der Waals surface area contributed by atoms with E-state index in [2.05, 4.69) is 9.97 Å². The molecule has 3 heterocycles. The quantitative estimate of drug-likeness (QED) is 0.221. The Hall–Kier alpha value is -4.39. The van der Waals surface area contributed by atoms with Crippen molar-refractivity contribution in [1.82, 2.24) is 14.9 Å². The fourth-order valence-corrected chi connectivity index (χ4v) is 4.86. The number of hydrogen-bond acceptors (Lipinski definition) is 5. The first-order chi connectivity index (χ1) is 17.4. The van der Waals surface area contributed by atoms with E-state index in [1.807, 2.05) is 62.5 Å². The summed E-state index contributed by atoms with van der Waals surface area (Å²) in [6.45, 7) is 4.26. The summed E-state index contributed by atoms with van der Waals surface area (Å²) in [5, 5.41) is 12.4. The molecule has 7 nitrogen and oxygen atoms in total. The first-order valence-electron chi connectivity index (χ1n) is 11.8.